The molecule has 2 rings (SSSR count). The van der Waals surface area contributed by atoms with E-state index in [2.05, 4.69) is 10.0 Å². The largest absolute Gasteiger partial charge is 0.480 e. The van der Waals surface area contributed by atoms with Gasteiger partial charge in [-0.1, -0.05) is 31.2 Å². The van der Waals surface area contributed by atoms with Crippen molar-refractivity contribution >= 4 is 34.0 Å². The minimum atomic E-state index is -3.67. The molecule has 0 aliphatic carbocycles. The van der Waals surface area contributed by atoms with Crippen LogP contribution in [-0.2, 0) is 14.8 Å². The summed E-state index contributed by atoms with van der Waals surface area (Å²) in [5, 5.41) is 2.72. The third-order valence-electron chi connectivity index (χ3n) is 3.87. The van der Waals surface area contributed by atoms with Gasteiger partial charge < -0.3 is 15.8 Å². The number of hydrogen-bond acceptors (Lipinski definition) is 5. The Balaban J connectivity index is 0.00000392. The minimum absolute atomic E-state index is 0. The average molecular weight is 428 g/mol. The van der Waals surface area contributed by atoms with Crippen molar-refractivity contribution in [3.05, 3.63) is 54.1 Å². The average Bonchev–Trinajstić information content (AvgIpc) is 2.66. The third kappa shape index (κ3) is 6.49. The van der Waals surface area contributed by atoms with Gasteiger partial charge in [-0.15, -0.1) is 12.4 Å². The molecule has 2 aromatic carbocycles. The molecule has 0 heterocycles. The van der Waals surface area contributed by atoms with Crippen LogP contribution in [0.2, 0.25) is 0 Å². The Morgan fingerprint density at radius 2 is 1.89 bits per heavy atom. The first-order chi connectivity index (χ1) is 12.9. The first-order valence-electron chi connectivity index (χ1n) is 8.70. The predicted molar refractivity (Wildman–Crippen MR) is 112 cm³/mol. The van der Waals surface area contributed by atoms with Gasteiger partial charge in [0.15, 0.2) is 6.10 Å². The van der Waals surface area contributed by atoms with Crippen LogP contribution >= 0.6 is 12.4 Å². The maximum Gasteiger partial charge on any atom is 0.265 e. The molecule has 1 unspecified atom stereocenters. The van der Waals surface area contributed by atoms with Gasteiger partial charge in [-0.25, -0.2) is 13.1 Å². The summed E-state index contributed by atoms with van der Waals surface area (Å²) in [5.41, 5.74) is 6.64. The second-order valence-electron chi connectivity index (χ2n) is 5.98. The van der Waals surface area contributed by atoms with Gasteiger partial charge in [0, 0.05) is 18.8 Å². The SMILES string of the molecule is CCC(Oc1ccccc1C)C(=O)Nc1cccc(S(=O)(=O)NCCN)c1.Cl. The fourth-order valence-electron chi connectivity index (χ4n) is 2.40. The van der Waals surface area contributed by atoms with E-state index in [9.17, 15) is 13.2 Å². The van der Waals surface area contributed by atoms with E-state index < -0.39 is 16.1 Å². The van der Waals surface area contributed by atoms with Gasteiger partial charge in [-0.2, -0.15) is 0 Å². The van der Waals surface area contributed by atoms with Crippen LogP contribution in [0.1, 0.15) is 18.9 Å². The van der Waals surface area contributed by atoms with E-state index >= 15 is 0 Å². The summed E-state index contributed by atoms with van der Waals surface area (Å²) in [6, 6.07) is 13.5. The number of amides is 1. The highest BCUT2D eigenvalue weighted by Crippen LogP contribution is 2.20. The number of rotatable bonds is 9. The van der Waals surface area contributed by atoms with Crippen LogP contribution in [0.3, 0.4) is 0 Å². The lowest BCUT2D eigenvalue weighted by Gasteiger charge is -2.18. The molecule has 0 saturated carbocycles. The van der Waals surface area contributed by atoms with Crippen molar-refractivity contribution in [1.29, 1.82) is 0 Å². The Hall–Kier alpha value is -2.13. The quantitative estimate of drug-likeness (QED) is 0.569. The number of anilines is 1. The number of para-hydroxylation sites is 1. The van der Waals surface area contributed by atoms with Crippen molar-refractivity contribution in [2.24, 2.45) is 5.73 Å². The Bertz CT molecular complexity index is 890. The van der Waals surface area contributed by atoms with Crippen LogP contribution in [0.5, 0.6) is 5.75 Å². The lowest BCUT2D eigenvalue weighted by Crippen LogP contribution is -2.32. The highest BCUT2D eigenvalue weighted by atomic mass is 35.5. The Kier molecular flexibility index (Phi) is 9.40. The summed E-state index contributed by atoms with van der Waals surface area (Å²) >= 11 is 0. The molecule has 0 fully saturated rings. The molecule has 1 amide bonds. The molecular formula is C19H26ClN3O4S. The number of carbonyl (C=O) groups is 1. The van der Waals surface area contributed by atoms with E-state index in [1.54, 1.807) is 12.1 Å². The van der Waals surface area contributed by atoms with Crippen molar-refractivity contribution in [3.8, 4) is 5.75 Å². The van der Waals surface area contributed by atoms with Crippen LogP contribution < -0.4 is 20.5 Å². The lowest BCUT2D eigenvalue weighted by molar-refractivity contribution is -0.122. The van der Waals surface area contributed by atoms with E-state index in [0.717, 1.165) is 5.56 Å². The zero-order valence-corrected chi connectivity index (χ0v) is 17.5. The van der Waals surface area contributed by atoms with Crippen LogP contribution in [0, 0.1) is 6.92 Å². The van der Waals surface area contributed by atoms with Gasteiger partial charge in [0.1, 0.15) is 5.75 Å². The van der Waals surface area contributed by atoms with Crippen molar-refractivity contribution in [2.75, 3.05) is 18.4 Å². The maximum absolute atomic E-state index is 12.6. The molecule has 0 aromatic heterocycles. The molecular weight excluding hydrogens is 402 g/mol. The van der Waals surface area contributed by atoms with Gasteiger partial charge in [0.05, 0.1) is 4.90 Å². The van der Waals surface area contributed by atoms with Crippen LogP contribution in [-0.4, -0.2) is 33.5 Å². The van der Waals surface area contributed by atoms with E-state index in [4.69, 9.17) is 10.5 Å². The number of aryl methyl sites for hydroxylation is 1. The highest BCUT2D eigenvalue weighted by Gasteiger charge is 2.20. The Morgan fingerprint density at radius 1 is 1.18 bits per heavy atom. The highest BCUT2D eigenvalue weighted by molar-refractivity contribution is 7.89. The van der Waals surface area contributed by atoms with Gasteiger partial charge in [0.25, 0.3) is 5.91 Å². The van der Waals surface area contributed by atoms with Gasteiger partial charge in [0.2, 0.25) is 10.0 Å². The normalized spacial score (nSPS) is 12.0. The Labute approximate surface area is 172 Å². The summed E-state index contributed by atoms with van der Waals surface area (Å²) < 4.78 is 32.6. The fraction of sp³-hybridized carbons (Fsp3) is 0.316. The number of halogens is 1. The summed E-state index contributed by atoms with van der Waals surface area (Å²) in [6.45, 7) is 4.09. The number of carbonyl (C=O) groups excluding carboxylic acids is 1. The number of nitrogens with one attached hydrogen (secondary N) is 2. The van der Waals surface area contributed by atoms with E-state index in [1.807, 2.05) is 38.1 Å². The molecule has 0 saturated heterocycles. The van der Waals surface area contributed by atoms with E-state index in [1.165, 1.54) is 12.1 Å². The number of sulfonamides is 1. The van der Waals surface area contributed by atoms with Crippen LogP contribution in [0.4, 0.5) is 5.69 Å². The van der Waals surface area contributed by atoms with Crippen LogP contribution in [0.15, 0.2) is 53.4 Å². The number of ether oxygens (including phenoxy) is 1. The molecule has 7 nitrogen and oxygen atoms in total. The second-order valence-corrected chi connectivity index (χ2v) is 7.75. The zero-order chi connectivity index (χ0) is 19.9. The molecule has 154 valence electrons. The molecule has 0 spiro atoms. The molecule has 0 radical (unpaired) electrons. The zero-order valence-electron chi connectivity index (χ0n) is 15.8. The van der Waals surface area contributed by atoms with Crippen LogP contribution in [0.25, 0.3) is 0 Å². The van der Waals surface area contributed by atoms with Crippen molar-refractivity contribution in [2.45, 2.75) is 31.3 Å². The molecule has 0 aliphatic heterocycles. The van der Waals surface area contributed by atoms with E-state index in [-0.39, 0.29) is 36.3 Å². The Morgan fingerprint density at radius 3 is 2.54 bits per heavy atom. The monoisotopic (exact) mass is 427 g/mol. The molecule has 0 bridgehead atoms. The third-order valence-corrected chi connectivity index (χ3v) is 5.33. The summed E-state index contributed by atoms with van der Waals surface area (Å²) in [7, 11) is -3.67. The van der Waals surface area contributed by atoms with Gasteiger partial charge >= 0.3 is 0 Å². The standard InChI is InChI=1S/C19H25N3O4S.ClH/c1-3-17(26-18-10-5-4-7-14(18)2)19(23)22-15-8-6-9-16(13-15)27(24,25)21-12-11-20;/h4-10,13,17,21H,3,11-12,20H2,1-2H3,(H,22,23);1H. The predicted octanol–water partition coefficient (Wildman–Crippen LogP) is 2.45. The topological polar surface area (TPSA) is 111 Å². The van der Waals surface area contributed by atoms with Crippen molar-refractivity contribution in [3.63, 3.8) is 0 Å². The number of nitrogens with two attached hydrogens (primary N) is 1. The molecule has 9 heteroatoms. The first kappa shape index (κ1) is 23.9. The minimum Gasteiger partial charge on any atom is -0.480 e. The van der Waals surface area contributed by atoms with Crippen molar-refractivity contribution < 1.29 is 17.9 Å². The first-order valence-corrected chi connectivity index (χ1v) is 10.2. The molecule has 4 N–H and O–H groups in total. The summed E-state index contributed by atoms with van der Waals surface area (Å²) in [5.74, 6) is 0.298. The fourth-order valence-corrected chi connectivity index (χ4v) is 3.50. The molecule has 1 atom stereocenters. The van der Waals surface area contributed by atoms with E-state index in [0.29, 0.717) is 17.9 Å². The lowest BCUT2D eigenvalue weighted by atomic mass is 10.2. The second kappa shape index (κ2) is 11.0. The number of hydrogen-bond donors (Lipinski definition) is 3. The van der Waals surface area contributed by atoms with Gasteiger partial charge in [-0.3, -0.25) is 4.79 Å². The molecule has 0 aliphatic rings. The van der Waals surface area contributed by atoms with Crippen molar-refractivity contribution in [1.82, 2.24) is 4.72 Å². The van der Waals surface area contributed by atoms with Gasteiger partial charge in [-0.05, 0) is 43.2 Å². The number of benzene rings is 2. The summed E-state index contributed by atoms with van der Waals surface area (Å²) in [6.07, 6.45) is -0.224. The smallest absolute Gasteiger partial charge is 0.265 e. The molecule has 2 aromatic rings. The molecule has 28 heavy (non-hydrogen) atoms. The summed E-state index contributed by atoms with van der Waals surface area (Å²) in [4.78, 5) is 12.6. The maximum atomic E-state index is 12.6.